The second-order valence-corrected chi connectivity index (χ2v) is 7.24. The maximum atomic E-state index is 12.3. The minimum absolute atomic E-state index is 0.138. The van der Waals surface area contributed by atoms with Gasteiger partial charge in [-0.3, -0.25) is 9.59 Å². The largest absolute Gasteiger partial charge is 0.451 e. The molecule has 150 valence electrons. The maximum absolute atomic E-state index is 12.3. The number of esters is 1. The molecule has 0 unspecified atom stereocenters. The van der Waals surface area contributed by atoms with Crippen molar-refractivity contribution in [3.63, 3.8) is 0 Å². The van der Waals surface area contributed by atoms with Gasteiger partial charge in [-0.05, 0) is 36.5 Å². The number of aryl methyl sites for hydroxylation is 2. The third-order valence-corrected chi connectivity index (χ3v) is 4.69. The van der Waals surface area contributed by atoms with E-state index in [1.54, 1.807) is 13.2 Å². The maximum Gasteiger partial charge on any atom is 0.355 e. The molecule has 28 heavy (non-hydrogen) atoms. The highest BCUT2D eigenvalue weighted by Gasteiger charge is 2.20. The summed E-state index contributed by atoms with van der Waals surface area (Å²) < 4.78 is 6.65. The first-order valence-electron chi connectivity index (χ1n) is 9.45. The molecule has 2 aromatic rings. The van der Waals surface area contributed by atoms with Crippen molar-refractivity contribution >= 4 is 17.7 Å². The van der Waals surface area contributed by atoms with Crippen LogP contribution < -0.4 is 5.32 Å². The minimum atomic E-state index is -0.640. The second kappa shape index (κ2) is 9.35. The Balaban J connectivity index is 1.99. The summed E-state index contributed by atoms with van der Waals surface area (Å²) >= 11 is 0. The Morgan fingerprint density at radius 1 is 1.14 bits per heavy atom. The highest BCUT2D eigenvalue weighted by atomic mass is 16.5. The molecular formula is C22H28N2O4. The highest BCUT2D eigenvalue weighted by Crippen LogP contribution is 2.22. The number of benzene rings is 1. The fourth-order valence-corrected chi connectivity index (χ4v) is 2.98. The molecule has 1 heterocycles. The molecule has 0 bridgehead atoms. The quantitative estimate of drug-likeness (QED) is 0.558. The first-order valence-corrected chi connectivity index (χ1v) is 9.45. The predicted octanol–water partition coefficient (Wildman–Crippen LogP) is 3.46. The van der Waals surface area contributed by atoms with E-state index in [4.69, 9.17) is 4.74 Å². The number of aromatic nitrogens is 1. The van der Waals surface area contributed by atoms with Crippen molar-refractivity contribution < 1.29 is 19.1 Å². The second-order valence-electron chi connectivity index (χ2n) is 7.24. The number of Topliss-reactive ketones (excluding diaryl/α,β-unsaturated/α-hetero) is 1. The summed E-state index contributed by atoms with van der Waals surface area (Å²) in [5.41, 5.74) is 2.90. The third kappa shape index (κ3) is 5.31. The van der Waals surface area contributed by atoms with Crippen molar-refractivity contribution in [2.75, 3.05) is 6.61 Å². The zero-order valence-corrected chi connectivity index (χ0v) is 17.1. The van der Waals surface area contributed by atoms with E-state index in [1.807, 2.05) is 26.0 Å². The molecular weight excluding hydrogens is 356 g/mol. The van der Waals surface area contributed by atoms with E-state index in [-0.39, 0.29) is 36.0 Å². The number of nitrogens with one attached hydrogen (secondary N) is 1. The number of amides is 1. The monoisotopic (exact) mass is 384 g/mol. The van der Waals surface area contributed by atoms with Crippen molar-refractivity contribution in [2.45, 2.75) is 40.2 Å². The van der Waals surface area contributed by atoms with Crippen molar-refractivity contribution in [2.24, 2.45) is 13.0 Å². The average Bonchev–Trinajstić information content (AvgIpc) is 3.06. The standard InChI is InChI=1S/C22H28N2O4/c1-6-16-7-9-17(10-8-16)21(14(2)3)23-20(26)13-28-22(27)19-11-18(15(4)25)12-24(19)5/h7-12,14,21H,6,13H2,1-5H3,(H,23,26)/t21-/m1/s1. The number of ether oxygens (including phenoxy) is 1. The number of hydrogen-bond acceptors (Lipinski definition) is 4. The molecule has 1 aromatic carbocycles. The smallest absolute Gasteiger partial charge is 0.355 e. The zero-order chi connectivity index (χ0) is 20.8. The first-order chi connectivity index (χ1) is 13.2. The third-order valence-electron chi connectivity index (χ3n) is 4.69. The Bertz CT molecular complexity index is 850. The molecule has 0 saturated carbocycles. The summed E-state index contributed by atoms with van der Waals surface area (Å²) in [4.78, 5) is 36.0. The van der Waals surface area contributed by atoms with Crippen molar-refractivity contribution in [3.8, 4) is 0 Å². The van der Waals surface area contributed by atoms with Crippen LogP contribution in [0.25, 0.3) is 0 Å². The molecule has 0 spiro atoms. The van der Waals surface area contributed by atoms with Crippen LogP contribution in [0.3, 0.4) is 0 Å². The van der Waals surface area contributed by atoms with Crippen LogP contribution in [0, 0.1) is 5.92 Å². The van der Waals surface area contributed by atoms with Gasteiger partial charge in [-0.25, -0.2) is 4.79 Å². The minimum Gasteiger partial charge on any atom is -0.451 e. The normalized spacial score (nSPS) is 11.9. The molecule has 0 radical (unpaired) electrons. The van der Waals surface area contributed by atoms with Gasteiger partial charge in [0.25, 0.3) is 5.91 Å². The molecule has 6 nitrogen and oxygen atoms in total. The van der Waals surface area contributed by atoms with E-state index in [0.717, 1.165) is 12.0 Å². The van der Waals surface area contributed by atoms with Gasteiger partial charge in [0.05, 0.1) is 6.04 Å². The average molecular weight is 384 g/mol. The van der Waals surface area contributed by atoms with Crippen LogP contribution in [0.4, 0.5) is 0 Å². The van der Waals surface area contributed by atoms with Crippen molar-refractivity contribution in [3.05, 3.63) is 58.9 Å². The lowest BCUT2D eigenvalue weighted by atomic mass is 9.95. The van der Waals surface area contributed by atoms with Crippen LogP contribution >= 0.6 is 0 Å². The molecule has 0 aliphatic carbocycles. The number of nitrogens with zero attached hydrogens (tertiary/aromatic N) is 1. The molecule has 1 amide bonds. The number of ketones is 1. The van der Waals surface area contributed by atoms with Crippen LogP contribution in [-0.2, 0) is 23.0 Å². The van der Waals surface area contributed by atoms with Gasteiger partial charge in [0, 0.05) is 18.8 Å². The Kier molecular flexibility index (Phi) is 7.15. The van der Waals surface area contributed by atoms with Crippen LogP contribution in [-0.4, -0.2) is 28.8 Å². The van der Waals surface area contributed by atoms with E-state index >= 15 is 0 Å². The Morgan fingerprint density at radius 3 is 2.29 bits per heavy atom. The summed E-state index contributed by atoms with van der Waals surface area (Å²) in [7, 11) is 1.65. The molecule has 1 aromatic heterocycles. The molecule has 1 atom stereocenters. The highest BCUT2D eigenvalue weighted by molar-refractivity contribution is 5.98. The lowest BCUT2D eigenvalue weighted by Crippen LogP contribution is -2.35. The van der Waals surface area contributed by atoms with E-state index in [9.17, 15) is 14.4 Å². The molecule has 2 rings (SSSR count). The lowest BCUT2D eigenvalue weighted by molar-refractivity contribution is -0.125. The number of rotatable bonds is 8. The zero-order valence-electron chi connectivity index (χ0n) is 17.1. The summed E-state index contributed by atoms with van der Waals surface area (Å²) in [6, 6.07) is 9.44. The first kappa shape index (κ1) is 21.4. The van der Waals surface area contributed by atoms with Gasteiger partial charge in [0.15, 0.2) is 12.4 Å². The molecule has 0 fully saturated rings. The van der Waals surface area contributed by atoms with Gasteiger partial charge < -0.3 is 14.6 Å². The topological polar surface area (TPSA) is 77.4 Å². The predicted molar refractivity (Wildman–Crippen MR) is 107 cm³/mol. The lowest BCUT2D eigenvalue weighted by Gasteiger charge is -2.23. The summed E-state index contributed by atoms with van der Waals surface area (Å²) in [6.45, 7) is 7.19. The van der Waals surface area contributed by atoms with E-state index in [2.05, 4.69) is 24.4 Å². The van der Waals surface area contributed by atoms with Crippen LogP contribution in [0.1, 0.15) is 65.7 Å². The Hall–Kier alpha value is -2.89. The van der Waals surface area contributed by atoms with Gasteiger partial charge in [-0.15, -0.1) is 0 Å². The van der Waals surface area contributed by atoms with Crippen molar-refractivity contribution in [1.82, 2.24) is 9.88 Å². The number of carbonyl (C=O) groups excluding carboxylic acids is 3. The number of carbonyl (C=O) groups is 3. The van der Waals surface area contributed by atoms with Crippen LogP contribution in [0.5, 0.6) is 0 Å². The molecule has 0 saturated heterocycles. The van der Waals surface area contributed by atoms with Gasteiger partial charge >= 0.3 is 5.97 Å². The fourth-order valence-electron chi connectivity index (χ4n) is 2.98. The number of hydrogen-bond donors (Lipinski definition) is 1. The summed E-state index contributed by atoms with van der Waals surface area (Å²) in [6.07, 6.45) is 2.52. The van der Waals surface area contributed by atoms with Gasteiger partial charge in [-0.2, -0.15) is 0 Å². The van der Waals surface area contributed by atoms with Gasteiger partial charge in [-0.1, -0.05) is 45.0 Å². The summed E-state index contributed by atoms with van der Waals surface area (Å²) in [5.74, 6) is -0.967. The van der Waals surface area contributed by atoms with E-state index < -0.39 is 5.97 Å². The van der Waals surface area contributed by atoms with E-state index in [0.29, 0.717) is 5.56 Å². The molecule has 6 heteroatoms. The van der Waals surface area contributed by atoms with E-state index in [1.165, 1.54) is 23.1 Å². The van der Waals surface area contributed by atoms with Crippen molar-refractivity contribution in [1.29, 1.82) is 0 Å². The molecule has 1 N–H and O–H groups in total. The fraction of sp³-hybridized carbons (Fsp3) is 0.409. The molecule has 0 aliphatic rings. The van der Waals surface area contributed by atoms with Gasteiger partial charge in [0.2, 0.25) is 0 Å². The SMILES string of the molecule is CCc1ccc([C@H](NC(=O)COC(=O)c2cc(C(C)=O)cn2C)C(C)C)cc1. The Labute approximate surface area is 165 Å². The van der Waals surface area contributed by atoms with Crippen LogP contribution in [0.15, 0.2) is 36.5 Å². The molecule has 0 aliphatic heterocycles. The summed E-state index contributed by atoms with van der Waals surface area (Å²) in [5, 5.41) is 2.94. The van der Waals surface area contributed by atoms with Crippen LogP contribution in [0.2, 0.25) is 0 Å². The van der Waals surface area contributed by atoms with Gasteiger partial charge in [0.1, 0.15) is 5.69 Å². The Morgan fingerprint density at radius 2 is 1.79 bits per heavy atom.